The highest BCUT2D eigenvalue weighted by Gasteiger charge is 1.84. The summed E-state index contributed by atoms with van der Waals surface area (Å²) in [5.41, 5.74) is -0.808. The van der Waals surface area contributed by atoms with E-state index in [1.807, 2.05) is 4.98 Å². The number of H-pyrrole nitrogens is 1. The summed E-state index contributed by atoms with van der Waals surface area (Å²) >= 11 is 0. The largest absolute Gasteiger partial charge is 0.493 e. The normalized spacial score (nSPS) is 12.5. The number of nitrogens with zero attached hydrogens (tertiary/aromatic N) is 1. The highest BCUT2D eigenvalue weighted by atomic mass is 16.3. The Balaban J connectivity index is 3.46. The smallest absolute Gasteiger partial charge is 0.254 e. The molecule has 0 aliphatic carbocycles. The van der Waals surface area contributed by atoms with E-state index in [0.717, 1.165) is 0 Å². The van der Waals surface area contributed by atoms with Crippen molar-refractivity contribution in [2.75, 3.05) is 0 Å². The summed E-state index contributed by atoms with van der Waals surface area (Å²) < 4.78 is 13.6. The van der Waals surface area contributed by atoms with Crippen LogP contribution in [0.3, 0.4) is 0 Å². The molecule has 0 aromatic carbocycles. The number of hydrogen-bond donors (Lipinski definition) is 2. The first-order valence-corrected chi connectivity index (χ1v) is 1.87. The third-order valence-electron chi connectivity index (χ3n) is 0.557. The van der Waals surface area contributed by atoms with E-state index in [0.29, 0.717) is 0 Å². The number of nitrogens with one attached hydrogen (secondary N) is 1. The van der Waals surface area contributed by atoms with Crippen LogP contribution < -0.4 is 5.56 Å². The molecule has 0 unspecified atom stereocenters. The van der Waals surface area contributed by atoms with Gasteiger partial charge < -0.3 is 10.1 Å². The van der Waals surface area contributed by atoms with Gasteiger partial charge in [-0.3, -0.25) is 4.79 Å². The van der Waals surface area contributed by atoms with Crippen LogP contribution in [-0.2, 0) is 0 Å². The molecule has 4 heteroatoms. The maximum atomic E-state index is 10.5. The summed E-state index contributed by atoms with van der Waals surface area (Å²) in [7, 11) is 0. The zero-order valence-corrected chi connectivity index (χ0v) is 3.80. The Morgan fingerprint density at radius 3 is 3.38 bits per heavy atom. The maximum absolute atomic E-state index is 10.5. The van der Waals surface area contributed by atoms with Crippen LogP contribution in [0.5, 0.6) is 5.88 Å². The van der Waals surface area contributed by atoms with Crippen molar-refractivity contribution < 1.29 is 7.85 Å². The zero-order valence-electron chi connectivity index (χ0n) is 5.80. The average molecular weight is 114 g/mol. The predicted molar refractivity (Wildman–Crippen MR) is 26.5 cm³/mol. The molecule has 42 valence electrons. The van der Waals surface area contributed by atoms with E-state index in [1.54, 1.807) is 0 Å². The molecule has 2 N–H and O–H groups in total. The molecule has 0 amide bonds. The lowest BCUT2D eigenvalue weighted by molar-refractivity contribution is 0.451. The second kappa shape index (κ2) is 1.65. The van der Waals surface area contributed by atoms with Crippen molar-refractivity contribution in [2.45, 2.75) is 0 Å². The van der Waals surface area contributed by atoms with E-state index in [1.165, 1.54) is 0 Å². The van der Waals surface area contributed by atoms with Gasteiger partial charge in [-0.2, -0.15) is 0 Å². The van der Waals surface area contributed by atoms with Gasteiger partial charge in [0.05, 0.1) is 13.7 Å². The Morgan fingerprint density at radius 2 is 2.75 bits per heavy atom. The van der Waals surface area contributed by atoms with Gasteiger partial charge in [-0.15, -0.1) is 0 Å². The van der Waals surface area contributed by atoms with Crippen LogP contribution in [-0.4, -0.2) is 15.1 Å². The quantitative estimate of drug-likeness (QED) is 0.476. The van der Waals surface area contributed by atoms with Gasteiger partial charge in [0, 0.05) is 0 Å². The average Bonchev–Trinajstić information content (AvgIpc) is 1.82. The zero-order chi connectivity index (χ0) is 7.72. The summed E-state index contributed by atoms with van der Waals surface area (Å²) in [6.07, 6.45) is -0.446. The van der Waals surface area contributed by atoms with Gasteiger partial charge in [0.15, 0.2) is 0 Å². The molecule has 1 aromatic heterocycles. The molecule has 0 saturated carbocycles. The third kappa shape index (κ3) is 0.841. The Morgan fingerprint density at radius 1 is 2.00 bits per heavy atom. The topological polar surface area (TPSA) is 66.0 Å². The van der Waals surface area contributed by atoms with Crippen molar-refractivity contribution in [1.82, 2.24) is 9.97 Å². The van der Waals surface area contributed by atoms with E-state index in [4.69, 9.17) is 7.85 Å². The second-order valence-electron chi connectivity index (χ2n) is 1.13. The summed E-state index contributed by atoms with van der Waals surface area (Å²) in [6.45, 7) is 0. The Bertz CT molecular complexity index is 309. The van der Waals surface area contributed by atoms with E-state index in [9.17, 15) is 4.79 Å². The highest BCUT2D eigenvalue weighted by molar-refractivity contribution is 5.01. The van der Waals surface area contributed by atoms with Crippen molar-refractivity contribution in [3.05, 3.63) is 22.7 Å². The van der Waals surface area contributed by atoms with Crippen molar-refractivity contribution in [3.8, 4) is 5.88 Å². The van der Waals surface area contributed by atoms with E-state index in [2.05, 4.69) is 4.98 Å². The maximum Gasteiger partial charge on any atom is 0.254 e. The van der Waals surface area contributed by atoms with Crippen molar-refractivity contribution in [3.63, 3.8) is 0 Å². The summed E-state index contributed by atoms with van der Waals surface area (Å²) in [6, 6.07) is -0.615. The van der Waals surface area contributed by atoms with Gasteiger partial charge in [0.1, 0.15) is 1.37 Å². The fourth-order valence-corrected chi connectivity index (χ4v) is 0.292. The van der Waals surface area contributed by atoms with Crippen LogP contribution in [0, 0.1) is 0 Å². The minimum atomic E-state index is -0.808. The number of aromatic hydroxyl groups is 1. The van der Waals surface area contributed by atoms with Crippen LogP contribution in [0.15, 0.2) is 17.1 Å². The number of aromatic amines is 1. The highest BCUT2D eigenvalue weighted by Crippen LogP contribution is 1.90. The second-order valence-corrected chi connectivity index (χ2v) is 1.13. The van der Waals surface area contributed by atoms with Crippen molar-refractivity contribution >= 4 is 0 Å². The first-order valence-electron chi connectivity index (χ1n) is 2.87. The molecular formula is C4H4N2O2. The summed E-state index contributed by atoms with van der Waals surface area (Å²) in [5.74, 6) is -0.714. The Kier molecular flexibility index (Phi) is 0.590. The van der Waals surface area contributed by atoms with Crippen LogP contribution in [0.25, 0.3) is 0 Å². The standard InChI is InChI=1S/C4H4N2O2/c7-3-1-4(8)6-2-5-3/h1-2H,(H2,5,6,7,8)/i1D,2D. The van der Waals surface area contributed by atoms with Gasteiger partial charge in [-0.1, -0.05) is 0 Å². The van der Waals surface area contributed by atoms with Gasteiger partial charge >= 0.3 is 0 Å². The lowest BCUT2D eigenvalue weighted by Gasteiger charge is -1.82. The molecule has 8 heavy (non-hydrogen) atoms. The molecule has 0 radical (unpaired) electrons. The van der Waals surface area contributed by atoms with E-state index >= 15 is 0 Å². The molecule has 0 bridgehead atoms. The number of aromatic nitrogens is 2. The van der Waals surface area contributed by atoms with E-state index in [-0.39, 0.29) is 0 Å². The first kappa shape index (κ1) is 2.86. The molecule has 1 heterocycles. The molecular weight excluding hydrogens is 108 g/mol. The Labute approximate surface area is 47.6 Å². The minimum absolute atomic E-state index is 0.446. The lowest BCUT2D eigenvalue weighted by atomic mass is 10.6. The molecule has 0 aliphatic rings. The predicted octanol–water partition coefficient (Wildman–Crippen LogP) is -0.525. The monoisotopic (exact) mass is 114 g/mol. The van der Waals surface area contributed by atoms with Crippen LogP contribution in [0.4, 0.5) is 0 Å². The van der Waals surface area contributed by atoms with Crippen molar-refractivity contribution in [2.24, 2.45) is 0 Å². The molecule has 4 nitrogen and oxygen atoms in total. The lowest BCUT2D eigenvalue weighted by Crippen LogP contribution is -2.01. The number of rotatable bonds is 0. The molecule has 0 spiro atoms. The number of hydrogen-bond acceptors (Lipinski definition) is 3. The van der Waals surface area contributed by atoms with Gasteiger partial charge in [-0.25, -0.2) is 4.98 Å². The first-order chi connectivity index (χ1) is 4.61. The molecule has 0 aliphatic heterocycles. The summed E-state index contributed by atoms with van der Waals surface area (Å²) in [4.78, 5) is 15.5. The summed E-state index contributed by atoms with van der Waals surface area (Å²) in [5, 5.41) is 8.64. The molecule has 0 fully saturated rings. The molecule has 1 aromatic rings. The third-order valence-corrected chi connectivity index (χ3v) is 0.557. The SMILES string of the molecule is [2H]c1nc(O)c([2H])c(=O)[nH]1. The van der Waals surface area contributed by atoms with Gasteiger partial charge in [-0.05, 0) is 0 Å². The van der Waals surface area contributed by atoms with Gasteiger partial charge in [0.2, 0.25) is 5.88 Å². The fourth-order valence-electron chi connectivity index (χ4n) is 0.292. The van der Waals surface area contributed by atoms with Crippen LogP contribution in [0.1, 0.15) is 2.74 Å². The molecule has 1 rings (SSSR count). The van der Waals surface area contributed by atoms with E-state index < -0.39 is 23.8 Å². The van der Waals surface area contributed by atoms with Crippen LogP contribution >= 0.6 is 0 Å². The molecule has 0 saturated heterocycles. The minimum Gasteiger partial charge on any atom is -0.493 e. The fraction of sp³-hybridized carbons (Fsp3) is 0. The van der Waals surface area contributed by atoms with Crippen molar-refractivity contribution in [1.29, 1.82) is 0 Å². The molecule has 0 atom stereocenters. The van der Waals surface area contributed by atoms with Gasteiger partial charge in [0.25, 0.3) is 5.56 Å². The Hall–Kier alpha value is -1.32. The van der Waals surface area contributed by atoms with Crippen LogP contribution in [0.2, 0.25) is 0 Å².